The molecule has 0 nitrogen and oxygen atoms in total. The number of allylic oxidation sites excluding steroid dienone is 4. The Morgan fingerprint density at radius 3 is 1.80 bits per heavy atom. The van der Waals surface area contributed by atoms with Gasteiger partial charge in [-0.05, 0) is 0 Å². The molecule has 0 saturated carbocycles. The quantitative estimate of drug-likeness (QED) is 0.496. The molecule has 0 aromatic rings. The van der Waals surface area contributed by atoms with Crippen LogP contribution in [-0.2, 0) is 17.4 Å². The van der Waals surface area contributed by atoms with Gasteiger partial charge in [0, 0.05) is 0 Å². The van der Waals surface area contributed by atoms with Crippen molar-refractivity contribution in [1.82, 2.24) is 0 Å². The van der Waals surface area contributed by atoms with Gasteiger partial charge in [0.15, 0.2) is 0 Å². The zero-order valence-corrected chi connectivity index (χ0v) is 8.04. The summed E-state index contributed by atoms with van der Waals surface area (Å²) in [6.45, 7) is 10.0. The summed E-state index contributed by atoms with van der Waals surface area (Å²) in [5, 5.41) is 0. The molecule has 0 aromatic carbocycles. The molecule has 0 bridgehead atoms. The Hall–Kier alpha value is 0.0125. The molecule has 0 aliphatic heterocycles. The minimum absolute atomic E-state index is 0. The summed E-state index contributed by atoms with van der Waals surface area (Å²) >= 11 is 0. The Morgan fingerprint density at radius 2 is 1.70 bits per heavy atom. The Balaban J connectivity index is -0.0000000875. The average Bonchev–Trinajstić information content (AvgIpc) is 2.51. The Bertz CT molecular complexity index is 62.8. The maximum absolute atomic E-state index is 3.25. The van der Waals surface area contributed by atoms with Gasteiger partial charge in [0.1, 0.15) is 0 Å². The summed E-state index contributed by atoms with van der Waals surface area (Å²) in [4.78, 5) is 0. The molecule has 1 aliphatic carbocycles. The van der Waals surface area contributed by atoms with Gasteiger partial charge in [0.05, 0.1) is 0 Å². The molecule has 1 aliphatic rings. The topological polar surface area (TPSA) is 0 Å². The molecule has 10 heavy (non-hydrogen) atoms. The second kappa shape index (κ2) is 23.0. The Labute approximate surface area is 76.2 Å². The third-order valence-corrected chi connectivity index (χ3v) is 0.586. The molecule has 0 atom stereocenters. The van der Waals surface area contributed by atoms with E-state index in [2.05, 4.69) is 26.0 Å². The van der Waals surface area contributed by atoms with Gasteiger partial charge < -0.3 is 13.8 Å². The summed E-state index contributed by atoms with van der Waals surface area (Å²) in [5.41, 5.74) is 0. The van der Waals surface area contributed by atoms with Crippen LogP contribution in [0, 0.1) is 19.9 Å². The van der Waals surface area contributed by atoms with Gasteiger partial charge in [-0.1, -0.05) is 0 Å². The third-order valence-electron chi connectivity index (χ3n) is 0.586. The van der Waals surface area contributed by atoms with E-state index in [4.69, 9.17) is 0 Å². The standard InChI is InChI=1S/C5H5.2C2H5.Cr/c1-2-4-5-3-1;2*1-2;/h1-3H,4H2;2*1H2,2H3;/q3*-1;+3. The molecule has 57 valence electrons. The van der Waals surface area contributed by atoms with Gasteiger partial charge in [-0.15, -0.1) is 6.42 Å². The van der Waals surface area contributed by atoms with E-state index in [1.165, 1.54) is 0 Å². The molecule has 1 radical (unpaired) electrons. The Morgan fingerprint density at radius 1 is 1.20 bits per heavy atom. The van der Waals surface area contributed by atoms with Crippen LogP contribution in [0.3, 0.4) is 0 Å². The van der Waals surface area contributed by atoms with Gasteiger partial charge in [-0.25, -0.2) is 12.2 Å². The summed E-state index contributed by atoms with van der Waals surface area (Å²) < 4.78 is 0. The van der Waals surface area contributed by atoms with Crippen molar-refractivity contribution in [3.05, 3.63) is 38.2 Å². The van der Waals surface area contributed by atoms with Gasteiger partial charge in [0.25, 0.3) is 0 Å². The van der Waals surface area contributed by atoms with Crippen molar-refractivity contribution in [1.29, 1.82) is 0 Å². The molecule has 0 fully saturated rings. The minimum Gasteiger partial charge on any atom is -0.346 e. The second-order valence-electron chi connectivity index (χ2n) is 1.00. The van der Waals surface area contributed by atoms with Crippen LogP contribution in [0.5, 0.6) is 0 Å². The first-order valence-corrected chi connectivity index (χ1v) is 3.13. The molecule has 0 N–H and O–H groups in total. The first kappa shape index (κ1) is 16.5. The molecule has 0 aromatic heterocycles. The van der Waals surface area contributed by atoms with Crippen molar-refractivity contribution in [3.8, 4) is 0 Å². The van der Waals surface area contributed by atoms with Crippen LogP contribution in [0.4, 0.5) is 0 Å². The predicted molar refractivity (Wildman–Crippen MR) is 43.6 cm³/mol. The SMILES string of the molecule is [C-]1=CC=CC1.[CH2-]C.[CH2-]C.[Cr+3]. The molecular formula is C9H15Cr. The fourth-order valence-corrected chi connectivity index (χ4v) is 0.340. The van der Waals surface area contributed by atoms with E-state index >= 15 is 0 Å². The van der Waals surface area contributed by atoms with Gasteiger partial charge in [-0.2, -0.15) is 19.9 Å². The smallest absolute Gasteiger partial charge is 0.346 e. The monoisotopic (exact) mass is 175 g/mol. The first-order valence-electron chi connectivity index (χ1n) is 3.13. The number of hydrogen-bond acceptors (Lipinski definition) is 0. The van der Waals surface area contributed by atoms with E-state index in [-0.39, 0.29) is 17.4 Å². The van der Waals surface area contributed by atoms with Crippen molar-refractivity contribution >= 4 is 0 Å². The van der Waals surface area contributed by atoms with E-state index in [1.807, 2.05) is 12.2 Å². The van der Waals surface area contributed by atoms with Crippen LogP contribution in [0.15, 0.2) is 18.2 Å². The predicted octanol–water partition coefficient (Wildman–Crippen LogP) is 2.98. The summed E-state index contributed by atoms with van der Waals surface area (Å²) in [6, 6.07) is 0. The molecule has 0 spiro atoms. The molecule has 1 heteroatoms. The first-order chi connectivity index (χ1) is 4.50. The number of rotatable bonds is 0. The van der Waals surface area contributed by atoms with Crippen molar-refractivity contribution in [2.75, 3.05) is 0 Å². The normalized spacial score (nSPS) is 10.0. The third kappa shape index (κ3) is 15.7. The molecule has 1 rings (SSSR count). The largest absolute Gasteiger partial charge is 3.00 e. The van der Waals surface area contributed by atoms with Crippen molar-refractivity contribution in [2.24, 2.45) is 0 Å². The molecule has 0 amide bonds. The zero-order chi connectivity index (χ0) is 7.54. The van der Waals surface area contributed by atoms with Gasteiger partial charge >= 0.3 is 17.4 Å². The van der Waals surface area contributed by atoms with Crippen molar-refractivity contribution in [3.63, 3.8) is 0 Å². The Kier molecular flexibility index (Phi) is 38.1. The average molecular weight is 175 g/mol. The molecular weight excluding hydrogens is 160 g/mol. The fourth-order valence-electron chi connectivity index (χ4n) is 0.340. The van der Waals surface area contributed by atoms with Crippen molar-refractivity contribution < 1.29 is 17.4 Å². The minimum atomic E-state index is 0. The summed E-state index contributed by atoms with van der Waals surface area (Å²) in [6.07, 6.45) is 10.0. The fraction of sp³-hybridized carbons (Fsp3) is 0.333. The van der Waals surface area contributed by atoms with E-state index in [0.717, 1.165) is 6.42 Å². The molecule has 0 unspecified atom stereocenters. The number of hydrogen-bond donors (Lipinski definition) is 0. The van der Waals surface area contributed by atoms with Crippen LogP contribution in [-0.4, -0.2) is 0 Å². The zero-order valence-electron chi connectivity index (χ0n) is 6.76. The van der Waals surface area contributed by atoms with Gasteiger partial charge in [0.2, 0.25) is 0 Å². The van der Waals surface area contributed by atoms with Crippen LogP contribution in [0.25, 0.3) is 0 Å². The van der Waals surface area contributed by atoms with Crippen molar-refractivity contribution in [2.45, 2.75) is 20.3 Å². The van der Waals surface area contributed by atoms with Gasteiger partial charge in [-0.3, -0.25) is 6.08 Å². The van der Waals surface area contributed by atoms with E-state index < -0.39 is 0 Å². The maximum Gasteiger partial charge on any atom is 3.00 e. The maximum atomic E-state index is 3.25. The summed E-state index contributed by atoms with van der Waals surface area (Å²) in [5.74, 6) is 0. The van der Waals surface area contributed by atoms with E-state index in [9.17, 15) is 0 Å². The summed E-state index contributed by atoms with van der Waals surface area (Å²) in [7, 11) is 0. The molecule has 0 heterocycles. The van der Waals surface area contributed by atoms with E-state index in [1.54, 1.807) is 13.8 Å². The van der Waals surface area contributed by atoms with E-state index in [0.29, 0.717) is 0 Å². The second-order valence-corrected chi connectivity index (χ2v) is 1.00. The van der Waals surface area contributed by atoms with Crippen LogP contribution in [0.1, 0.15) is 20.3 Å². The van der Waals surface area contributed by atoms with Crippen LogP contribution in [0.2, 0.25) is 0 Å². The van der Waals surface area contributed by atoms with Crippen LogP contribution >= 0.6 is 0 Å². The van der Waals surface area contributed by atoms with Crippen LogP contribution < -0.4 is 0 Å². The molecule has 0 saturated heterocycles.